The summed E-state index contributed by atoms with van der Waals surface area (Å²) in [5, 5.41) is 0. The van der Waals surface area contributed by atoms with Gasteiger partial charge < -0.3 is 0 Å². The monoisotopic (exact) mass is 183 g/mol. The Hall–Kier alpha value is 0.620. The van der Waals surface area contributed by atoms with Crippen molar-refractivity contribution in [3.8, 4) is 0 Å². The summed E-state index contributed by atoms with van der Waals surface area (Å²) in [6.45, 7) is 0. The van der Waals surface area contributed by atoms with Crippen LogP contribution in [-0.2, 0) is 11.5 Å². The van der Waals surface area contributed by atoms with Gasteiger partial charge in [-0.3, -0.25) is 0 Å². The molecule has 0 radical (unpaired) electrons. The molecule has 4 heteroatoms. The molecular formula is C6H15O2S2+. The maximum Gasteiger partial charge on any atom is 0.309 e. The van der Waals surface area contributed by atoms with Crippen molar-refractivity contribution in [3.63, 3.8) is 0 Å². The Morgan fingerprint density at radius 2 is 1.60 bits per heavy atom. The highest BCUT2D eigenvalue weighted by Crippen LogP contribution is 2.02. The second-order valence-electron chi connectivity index (χ2n) is 2.18. The third kappa shape index (κ3) is 8.62. The minimum Gasteiger partial charge on any atom is -0.179 e. The predicted molar refractivity (Wildman–Crippen MR) is 49.8 cm³/mol. The van der Waals surface area contributed by atoms with Crippen molar-refractivity contribution in [2.45, 2.75) is 25.7 Å². The average Bonchev–Trinajstić information content (AvgIpc) is 1.87. The smallest absolute Gasteiger partial charge is 0.179 e. The Labute approximate surface area is 70.8 Å². The Balaban J connectivity index is 2.77. The van der Waals surface area contributed by atoms with Crippen molar-refractivity contribution in [2.75, 3.05) is 11.5 Å². The average molecular weight is 183 g/mol. The molecular weight excluding hydrogens is 168 g/mol. The number of unbranched alkanes of at least 4 members (excludes halogenated alkanes) is 3. The summed E-state index contributed by atoms with van der Waals surface area (Å²) in [7, 11) is 0. The molecule has 0 atom stereocenters. The van der Waals surface area contributed by atoms with Crippen LogP contribution in [0.2, 0.25) is 0 Å². The van der Waals surface area contributed by atoms with Gasteiger partial charge in [-0.15, -0.1) is 0 Å². The van der Waals surface area contributed by atoms with Gasteiger partial charge in [0.25, 0.3) is 0 Å². The molecule has 2 N–H and O–H groups in total. The molecule has 0 unspecified atom stereocenters. The summed E-state index contributed by atoms with van der Waals surface area (Å²) in [6, 6.07) is 0. The molecule has 0 aliphatic rings. The van der Waals surface area contributed by atoms with E-state index in [0.717, 1.165) is 31.4 Å². The normalized spacial score (nSPS) is 10.8. The lowest BCUT2D eigenvalue weighted by molar-refractivity contribution is 0.501. The second kappa shape index (κ2) is 7.72. The van der Waals surface area contributed by atoms with E-state index in [-0.39, 0.29) is 0 Å². The summed E-state index contributed by atoms with van der Waals surface area (Å²) >= 11 is 2.73. The van der Waals surface area contributed by atoms with Gasteiger partial charge in [-0.1, -0.05) is 6.42 Å². The van der Waals surface area contributed by atoms with Gasteiger partial charge in [-0.2, -0.15) is 21.7 Å². The summed E-state index contributed by atoms with van der Waals surface area (Å²) in [5.74, 6) is 1.47. The molecule has 0 heterocycles. The standard InChI is InChI=1S/C6H14O2S2/c7-10(8)6-4-2-1-3-5-9/h7-8H,1-6H2/p+1. The maximum atomic E-state index is 8.48. The fourth-order valence-corrected chi connectivity index (χ4v) is 1.38. The highest BCUT2D eigenvalue weighted by Gasteiger charge is 2.07. The molecule has 0 rings (SSSR count). The van der Waals surface area contributed by atoms with Crippen molar-refractivity contribution >= 4 is 24.1 Å². The molecule has 0 amide bonds. The van der Waals surface area contributed by atoms with Crippen LogP contribution in [0.5, 0.6) is 0 Å². The van der Waals surface area contributed by atoms with Crippen LogP contribution < -0.4 is 0 Å². The number of hydrogen-bond donors (Lipinski definition) is 3. The lowest BCUT2D eigenvalue weighted by Gasteiger charge is -1.93. The summed E-state index contributed by atoms with van der Waals surface area (Å²) < 4.78 is 17.0. The zero-order chi connectivity index (χ0) is 7.82. The van der Waals surface area contributed by atoms with Crippen molar-refractivity contribution < 1.29 is 9.11 Å². The van der Waals surface area contributed by atoms with E-state index in [1.165, 1.54) is 0 Å². The quantitative estimate of drug-likeness (QED) is 0.335. The zero-order valence-corrected chi connectivity index (χ0v) is 7.70. The largest absolute Gasteiger partial charge is 0.309 e. The predicted octanol–water partition coefficient (Wildman–Crippen LogP) is 2.04. The van der Waals surface area contributed by atoms with Gasteiger partial charge in [0.2, 0.25) is 0 Å². The Kier molecular flexibility index (Phi) is 8.20. The molecule has 62 valence electrons. The fourth-order valence-electron chi connectivity index (χ4n) is 0.697. The SMILES string of the molecule is O[S+](O)CCCCCCS. The Morgan fingerprint density at radius 1 is 1.00 bits per heavy atom. The number of thiol groups is 1. The van der Waals surface area contributed by atoms with E-state index in [0.29, 0.717) is 5.75 Å². The first-order chi connectivity index (χ1) is 4.77. The molecule has 0 spiro atoms. The first-order valence-electron chi connectivity index (χ1n) is 3.47. The fraction of sp³-hybridized carbons (Fsp3) is 1.00. The molecule has 0 aliphatic carbocycles. The third-order valence-corrected chi connectivity index (χ3v) is 2.21. The highest BCUT2D eigenvalue weighted by atomic mass is 32.2. The van der Waals surface area contributed by atoms with Crippen molar-refractivity contribution in [3.05, 3.63) is 0 Å². The van der Waals surface area contributed by atoms with Crippen LogP contribution in [0.4, 0.5) is 0 Å². The minimum atomic E-state index is -1.34. The third-order valence-electron chi connectivity index (χ3n) is 1.24. The molecule has 0 aromatic heterocycles. The number of rotatable bonds is 6. The first-order valence-corrected chi connectivity index (χ1v) is 5.41. The topological polar surface area (TPSA) is 40.5 Å². The minimum absolute atomic E-state index is 0.534. The van der Waals surface area contributed by atoms with Gasteiger partial charge in [0.15, 0.2) is 5.75 Å². The molecule has 0 fully saturated rings. The Morgan fingerprint density at radius 3 is 2.10 bits per heavy atom. The van der Waals surface area contributed by atoms with Crippen molar-refractivity contribution in [2.24, 2.45) is 0 Å². The molecule has 0 saturated carbocycles. The maximum absolute atomic E-state index is 8.48. The number of hydrogen-bond acceptors (Lipinski definition) is 3. The summed E-state index contributed by atoms with van der Waals surface area (Å²) in [4.78, 5) is 0. The van der Waals surface area contributed by atoms with E-state index in [1.807, 2.05) is 0 Å². The van der Waals surface area contributed by atoms with Crippen LogP contribution in [0.3, 0.4) is 0 Å². The highest BCUT2D eigenvalue weighted by molar-refractivity contribution is 7.85. The summed E-state index contributed by atoms with van der Waals surface area (Å²) in [6.07, 6.45) is 4.30. The molecule has 10 heavy (non-hydrogen) atoms. The molecule has 0 aromatic rings. The van der Waals surface area contributed by atoms with Crippen LogP contribution in [-0.4, -0.2) is 20.6 Å². The van der Waals surface area contributed by atoms with Crippen molar-refractivity contribution in [1.82, 2.24) is 0 Å². The van der Waals surface area contributed by atoms with Crippen LogP contribution in [0.25, 0.3) is 0 Å². The van der Waals surface area contributed by atoms with E-state index in [2.05, 4.69) is 12.6 Å². The van der Waals surface area contributed by atoms with E-state index < -0.39 is 11.5 Å². The van der Waals surface area contributed by atoms with Gasteiger partial charge in [0.05, 0.1) is 0 Å². The van der Waals surface area contributed by atoms with Gasteiger partial charge >= 0.3 is 11.5 Å². The van der Waals surface area contributed by atoms with Gasteiger partial charge in [0, 0.05) is 0 Å². The first kappa shape index (κ1) is 10.6. The van der Waals surface area contributed by atoms with Gasteiger partial charge in [-0.05, 0) is 25.0 Å². The van der Waals surface area contributed by atoms with E-state index in [9.17, 15) is 0 Å². The summed E-state index contributed by atoms with van der Waals surface area (Å²) in [5.41, 5.74) is 0. The lowest BCUT2D eigenvalue weighted by Crippen LogP contribution is -2.02. The molecule has 0 aliphatic heterocycles. The van der Waals surface area contributed by atoms with Crippen LogP contribution in [0.1, 0.15) is 25.7 Å². The molecule has 0 saturated heterocycles. The second-order valence-corrected chi connectivity index (χ2v) is 3.72. The molecule has 0 bridgehead atoms. The zero-order valence-electron chi connectivity index (χ0n) is 5.99. The van der Waals surface area contributed by atoms with Crippen LogP contribution >= 0.6 is 12.6 Å². The van der Waals surface area contributed by atoms with Gasteiger partial charge in [-0.25, -0.2) is 0 Å². The lowest BCUT2D eigenvalue weighted by atomic mass is 10.2. The van der Waals surface area contributed by atoms with E-state index in [4.69, 9.17) is 9.11 Å². The van der Waals surface area contributed by atoms with Gasteiger partial charge in [0.1, 0.15) is 0 Å². The van der Waals surface area contributed by atoms with Crippen molar-refractivity contribution in [1.29, 1.82) is 0 Å². The molecule has 2 nitrogen and oxygen atoms in total. The molecule has 0 aromatic carbocycles. The van der Waals surface area contributed by atoms with E-state index in [1.54, 1.807) is 0 Å². The van der Waals surface area contributed by atoms with Crippen LogP contribution in [0.15, 0.2) is 0 Å². The van der Waals surface area contributed by atoms with E-state index >= 15 is 0 Å². The van der Waals surface area contributed by atoms with Crippen LogP contribution in [0, 0.1) is 0 Å². The Bertz CT molecular complexity index is 68.8.